The average Bonchev–Trinajstić information content (AvgIpc) is 2.41. The number of hydrogen-bond donors (Lipinski definition) is 1. The number of nitrogens with zero attached hydrogens (tertiary/aromatic N) is 1. The Morgan fingerprint density at radius 1 is 1.27 bits per heavy atom. The van der Waals surface area contributed by atoms with Gasteiger partial charge in [-0.05, 0) is 58.0 Å². The SMILES string of the molecule is CC(C)Oc1ccc(N)cc1CN1CCC(C(F)(F)F)CC1. The second-order valence-corrected chi connectivity index (χ2v) is 6.13. The molecule has 1 heterocycles. The zero-order chi connectivity index (χ0) is 16.3. The summed E-state index contributed by atoms with van der Waals surface area (Å²) in [6.45, 7) is 5.34. The van der Waals surface area contributed by atoms with E-state index in [-0.39, 0.29) is 18.9 Å². The number of likely N-dealkylation sites (tertiary alicyclic amines) is 1. The first kappa shape index (κ1) is 16.9. The van der Waals surface area contributed by atoms with E-state index >= 15 is 0 Å². The lowest BCUT2D eigenvalue weighted by Gasteiger charge is -2.33. The largest absolute Gasteiger partial charge is 0.491 e. The number of rotatable bonds is 4. The number of nitrogens with two attached hydrogens (primary N) is 1. The van der Waals surface area contributed by atoms with Crippen molar-refractivity contribution in [2.24, 2.45) is 5.92 Å². The molecule has 0 aliphatic carbocycles. The van der Waals surface area contributed by atoms with Crippen molar-refractivity contribution in [2.75, 3.05) is 18.8 Å². The fraction of sp³-hybridized carbons (Fsp3) is 0.625. The highest BCUT2D eigenvalue weighted by Gasteiger charge is 2.41. The molecule has 0 bridgehead atoms. The highest BCUT2D eigenvalue weighted by atomic mass is 19.4. The Kier molecular flexibility index (Phi) is 5.21. The molecule has 2 N–H and O–H groups in total. The molecular formula is C16H23F3N2O. The summed E-state index contributed by atoms with van der Waals surface area (Å²) in [6.07, 6.45) is -3.72. The van der Waals surface area contributed by atoms with Gasteiger partial charge in [-0.2, -0.15) is 13.2 Å². The molecule has 0 amide bonds. The topological polar surface area (TPSA) is 38.5 Å². The first-order valence-corrected chi connectivity index (χ1v) is 7.60. The predicted octanol–water partition coefficient (Wildman–Crippen LogP) is 3.83. The van der Waals surface area contributed by atoms with Crippen LogP contribution >= 0.6 is 0 Å². The normalized spacial score (nSPS) is 17.9. The Morgan fingerprint density at radius 3 is 2.45 bits per heavy atom. The summed E-state index contributed by atoms with van der Waals surface area (Å²) in [5.74, 6) is -0.418. The second-order valence-electron chi connectivity index (χ2n) is 6.13. The Hall–Kier alpha value is -1.43. The number of halogens is 3. The van der Waals surface area contributed by atoms with Gasteiger partial charge in [0.05, 0.1) is 12.0 Å². The van der Waals surface area contributed by atoms with Crippen molar-refractivity contribution in [3.63, 3.8) is 0 Å². The smallest absolute Gasteiger partial charge is 0.391 e. The van der Waals surface area contributed by atoms with Gasteiger partial charge in [0.1, 0.15) is 5.75 Å². The first-order valence-electron chi connectivity index (χ1n) is 7.60. The zero-order valence-corrected chi connectivity index (χ0v) is 13.0. The van der Waals surface area contributed by atoms with E-state index in [4.69, 9.17) is 10.5 Å². The fourth-order valence-corrected chi connectivity index (χ4v) is 2.75. The molecule has 1 aromatic carbocycles. The maximum absolute atomic E-state index is 12.7. The number of benzene rings is 1. The highest BCUT2D eigenvalue weighted by Crippen LogP contribution is 2.35. The minimum Gasteiger partial charge on any atom is -0.491 e. The number of ether oxygens (including phenoxy) is 1. The standard InChI is InChI=1S/C16H23F3N2O/c1-11(2)22-15-4-3-14(20)9-12(15)10-21-7-5-13(6-8-21)16(17,18)19/h3-4,9,11,13H,5-8,10,20H2,1-2H3. The third kappa shape index (κ3) is 4.53. The fourth-order valence-electron chi connectivity index (χ4n) is 2.75. The Morgan fingerprint density at radius 2 is 1.91 bits per heavy atom. The van der Waals surface area contributed by atoms with Crippen LogP contribution in [0.4, 0.5) is 18.9 Å². The molecule has 0 aromatic heterocycles. The van der Waals surface area contributed by atoms with Crippen LogP contribution in [0.1, 0.15) is 32.3 Å². The van der Waals surface area contributed by atoms with E-state index in [1.165, 1.54) is 0 Å². The maximum Gasteiger partial charge on any atom is 0.391 e. The number of anilines is 1. The minimum atomic E-state index is -4.07. The molecule has 1 aliphatic heterocycles. The van der Waals surface area contributed by atoms with Crippen molar-refractivity contribution in [1.82, 2.24) is 4.90 Å². The monoisotopic (exact) mass is 316 g/mol. The van der Waals surface area contributed by atoms with Gasteiger partial charge in [-0.1, -0.05) is 0 Å². The molecule has 0 saturated carbocycles. The molecule has 0 unspecified atom stereocenters. The molecule has 2 rings (SSSR count). The summed E-state index contributed by atoms with van der Waals surface area (Å²) >= 11 is 0. The number of hydrogen-bond acceptors (Lipinski definition) is 3. The molecule has 22 heavy (non-hydrogen) atoms. The molecule has 6 heteroatoms. The van der Waals surface area contributed by atoms with E-state index in [0.29, 0.717) is 25.3 Å². The van der Waals surface area contributed by atoms with Gasteiger partial charge in [-0.15, -0.1) is 0 Å². The van der Waals surface area contributed by atoms with Crippen molar-refractivity contribution in [1.29, 1.82) is 0 Å². The third-order valence-corrected chi connectivity index (χ3v) is 3.89. The van der Waals surface area contributed by atoms with Crippen LogP contribution in [0.15, 0.2) is 18.2 Å². The summed E-state index contributed by atoms with van der Waals surface area (Å²) in [4.78, 5) is 2.03. The van der Waals surface area contributed by atoms with Crippen LogP contribution in [0, 0.1) is 5.92 Å². The van der Waals surface area contributed by atoms with E-state index in [2.05, 4.69) is 0 Å². The van der Waals surface area contributed by atoms with Crippen LogP contribution in [0.5, 0.6) is 5.75 Å². The molecule has 1 saturated heterocycles. The average molecular weight is 316 g/mol. The number of piperidine rings is 1. The lowest BCUT2D eigenvalue weighted by Crippen LogP contribution is -2.38. The summed E-state index contributed by atoms with van der Waals surface area (Å²) in [7, 11) is 0. The van der Waals surface area contributed by atoms with Crippen molar-refractivity contribution < 1.29 is 17.9 Å². The van der Waals surface area contributed by atoms with Crippen LogP contribution in [-0.4, -0.2) is 30.3 Å². The number of alkyl halides is 3. The van der Waals surface area contributed by atoms with Crippen molar-refractivity contribution in [3.8, 4) is 5.75 Å². The van der Waals surface area contributed by atoms with Crippen molar-refractivity contribution >= 4 is 5.69 Å². The quantitative estimate of drug-likeness (QED) is 0.858. The van der Waals surface area contributed by atoms with Crippen LogP contribution < -0.4 is 10.5 Å². The summed E-state index contributed by atoms with van der Waals surface area (Å²) in [5.41, 5.74) is 7.38. The Bertz CT molecular complexity index is 495. The van der Waals surface area contributed by atoms with Crippen LogP contribution in [0.25, 0.3) is 0 Å². The lowest BCUT2D eigenvalue weighted by atomic mass is 9.96. The van der Waals surface area contributed by atoms with E-state index in [0.717, 1.165) is 11.3 Å². The number of nitrogen functional groups attached to an aromatic ring is 1. The summed E-state index contributed by atoms with van der Waals surface area (Å²) in [5, 5.41) is 0. The van der Waals surface area contributed by atoms with Crippen LogP contribution in [0.3, 0.4) is 0 Å². The summed E-state index contributed by atoms with van der Waals surface area (Å²) < 4.78 is 43.9. The van der Waals surface area contributed by atoms with Gasteiger partial charge >= 0.3 is 6.18 Å². The van der Waals surface area contributed by atoms with Gasteiger partial charge in [-0.3, -0.25) is 4.90 Å². The first-order chi connectivity index (χ1) is 10.3. The highest BCUT2D eigenvalue weighted by molar-refractivity contribution is 5.48. The van der Waals surface area contributed by atoms with Crippen LogP contribution in [0.2, 0.25) is 0 Å². The van der Waals surface area contributed by atoms with Crippen LogP contribution in [-0.2, 0) is 6.54 Å². The second kappa shape index (κ2) is 6.77. The van der Waals surface area contributed by atoms with Gasteiger partial charge in [0.2, 0.25) is 0 Å². The van der Waals surface area contributed by atoms with Gasteiger partial charge in [0, 0.05) is 17.8 Å². The molecule has 124 valence electrons. The molecular weight excluding hydrogens is 293 g/mol. The predicted molar refractivity (Wildman–Crippen MR) is 80.7 cm³/mol. The van der Waals surface area contributed by atoms with Crippen molar-refractivity contribution in [3.05, 3.63) is 23.8 Å². The van der Waals surface area contributed by atoms with E-state index in [9.17, 15) is 13.2 Å². The summed E-state index contributed by atoms with van der Waals surface area (Å²) in [6, 6.07) is 5.44. The maximum atomic E-state index is 12.7. The van der Waals surface area contributed by atoms with Crippen molar-refractivity contribution in [2.45, 2.75) is 45.5 Å². The minimum absolute atomic E-state index is 0.0401. The molecule has 0 radical (unpaired) electrons. The van der Waals surface area contributed by atoms with Gasteiger partial charge < -0.3 is 10.5 Å². The zero-order valence-electron chi connectivity index (χ0n) is 13.0. The Balaban J connectivity index is 2.01. The van der Waals surface area contributed by atoms with E-state index in [1.807, 2.05) is 30.9 Å². The van der Waals surface area contributed by atoms with Gasteiger partial charge in [-0.25, -0.2) is 0 Å². The van der Waals surface area contributed by atoms with E-state index in [1.54, 1.807) is 6.07 Å². The molecule has 0 atom stereocenters. The lowest BCUT2D eigenvalue weighted by molar-refractivity contribution is -0.185. The van der Waals surface area contributed by atoms with Gasteiger partial charge in [0.25, 0.3) is 0 Å². The third-order valence-electron chi connectivity index (χ3n) is 3.89. The molecule has 1 fully saturated rings. The van der Waals surface area contributed by atoms with E-state index < -0.39 is 12.1 Å². The molecule has 1 aromatic rings. The Labute approximate surface area is 129 Å². The molecule has 0 spiro atoms. The molecule has 1 aliphatic rings. The van der Waals surface area contributed by atoms with Gasteiger partial charge in [0.15, 0.2) is 0 Å². The molecule has 3 nitrogen and oxygen atoms in total.